The number of hydrogen-bond donors (Lipinski definition) is 0. The number of esters is 1. The van der Waals surface area contributed by atoms with Crippen molar-refractivity contribution in [2.24, 2.45) is 0 Å². The van der Waals surface area contributed by atoms with Crippen LogP contribution in [0.15, 0.2) is 60.7 Å². The molecule has 0 amide bonds. The van der Waals surface area contributed by atoms with Crippen LogP contribution in [0, 0.1) is 6.92 Å². The smallest absolute Gasteiger partial charge is 0.338 e. The highest BCUT2D eigenvalue weighted by Gasteiger charge is 2.24. The van der Waals surface area contributed by atoms with E-state index < -0.39 is 0 Å². The number of rotatable bonds is 7. The number of carbonyl (C=O) groups is 1. The minimum atomic E-state index is -0.282. The van der Waals surface area contributed by atoms with Crippen molar-refractivity contribution in [2.45, 2.75) is 39.5 Å². The summed E-state index contributed by atoms with van der Waals surface area (Å²) in [7, 11) is 0. The van der Waals surface area contributed by atoms with Crippen LogP contribution in [0.5, 0.6) is 11.5 Å². The molecule has 0 saturated carbocycles. The van der Waals surface area contributed by atoms with Crippen molar-refractivity contribution in [3.05, 3.63) is 93.4 Å². The molecular weight excluding hydrogens is 384 g/mol. The molecule has 31 heavy (non-hydrogen) atoms. The van der Waals surface area contributed by atoms with Gasteiger partial charge in [0.25, 0.3) is 0 Å². The zero-order valence-electron chi connectivity index (χ0n) is 18.2. The van der Waals surface area contributed by atoms with E-state index in [1.807, 2.05) is 55.5 Å². The molecule has 4 rings (SSSR count). The molecule has 0 aliphatic carbocycles. The molecule has 3 aromatic rings. The number of benzene rings is 3. The molecule has 3 nitrogen and oxygen atoms in total. The summed E-state index contributed by atoms with van der Waals surface area (Å²) < 4.78 is 11.8. The van der Waals surface area contributed by atoms with Crippen LogP contribution in [-0.4, -0.2) is 12.6 Å². The van der Waals surface area contributed by atoms with Gasteiger partial charge < -0.3 is 9.47 Å². The van der Waals surface area contributed by atoms with Gasteiger partial charge in [-0.05, 0) is 47.9 Å². The summed E-state index contributed by atoms with van der Waals surface area (Å²) in [5.41, 5.74) is 4.50. The molecule has 1 heterocycles. The average Bonchev–Trinajstić information content (AvgIpc) is 2.77. The molecule has 0 bridgehead atoms. The summed E-state index contributed by atoms with van der Waals surface area (Å²) in [6.45, 7) is 8.70. The van der Waals surface area contributed by atoms with Crippen molar-refractivity contribution in [3.8, 4) is 11.5 Å². The highest BCUT2D eigenvalue weighted by atomic mass is 16.5. The Balaban J connectivity index is 1.81. The lowest BCUT2D eigenvalue weighted by molar-refractivity contribution is 0.0497. The van der Waals surface area contributed by atoms with Gasteiger partial charge in [0.05, 0.1) is 12.2 Å². The first-order valence-corrected chi connectivity index (χ1v) is 11.0. The third-order valence-electron chi connectivity index (χ3n) is 5.59. The first-order chi connectivity index (χ1) is 15.1. The topological polar surface area (TPSA) is 35.5 Å². The lowest BCUT2D eigenvalue weighted by atomic mass is 9.89. The van der Waals surface area contributed by atoms with Crippen LogP contribution in [-0.2, 0) is 4.74 Å². The Morgan fingerprint density at radius 2 is 1.77 bits per heavy atom. The van der Waals surface area contributed by atoms with E-state index in [2.05, 4.69) is 25.6 Å². The van der Waals surface area contributed by atoms with Crippen LogP contribution in [0.25, 0.3) is 12.2 Å². The van der Waals surface area contributed by atoms with E-state index in [1.54, 1.807) is 0 Å². The van der Waals surface area contributed by atoms with Crippen molar-refractivity contribution < 1.29 is 14.3 Å². The molecule has 0 atom stereocenters. The first kappa shape index (κ1) is 20.9. The molecule has 0 radical (unpaired) electrons. The summed E-state index contributed by atoms with van der Waals surface area (Å²) in [6.07, 6.45) is 4.29. The molecule has 0 saturated heterocycles. The fourth-order valence-electron chi connectivity index (χ4n) is 3.98. The van der Waals surface area contributed by atoms with E-state index in [1.165, 1.54) is 0 Å². The third-order valence-corrected chi connectivity index (χ3v) is 5.59. The van der Waals surface area contributed by atoms with E-state index >= 15 is 0 Å². The Kier molecular flexibility index (Phi) is 6.22. The van der Waals surface area contributed by atoms with E-state index in [-0.39, 0.29) is 5.97 Å². The molecule has 1 aliphatic heterocycles. The maximum absolute atomic E-state index is 13.0. The third kappa shape index (κ3) is 4.41. The minimum absolute atomic E-state index is 0.282. The number of aryl methyl sites for hydroxylation is 1. The van der Waals surface area contributed by atoms with Crippen LogP contribution in [0.4, 0.5) is 0 Å². The zero-order chi connectivity index (χ0) is 21.8. The quantitative estimate of drug-likeness (QED) is 0.297. The van der Waals surface area contributed by atoms with Gasteiger partial charge in [0.15, 0.2) is 0 Å². The van der Waals surface area contributed by atoms with Gasteiger partial charge in [0.2, 0.25) is 0 Å². The van der Waals surface area contributed by atoms with Crippen LogP contribution < -0.4 is 15.2 Å². The Hall–Kier alpha value is -3.33. The fraction of sp³-hybridized carbons (Fsp3) is 0.250. The largest absolute Gasteiger partial charge is 0.462 e. The molecule has 0 N–H and O–H groups in total. The second kappa shape index (κ2) is 9.22. The predicted octanol–water partition coefficient (Wildman–Crippen LogP) is 5.50. The van der Waals surface area contributed by atoms with E-state index in [4.69, 9.17) is 9.47 Å². The Labute approximate surface area is 183 Å². The molecule has 158 valence electrons. The van der Waals surface area contributed by atoms with Crippen LogP contribution in [0.3, 0.4) is 0 Å². The van der Waals surface area contributed by atoms with Crippen LogP contribution >= 0.6 is 0 Å². The van der Waals surface area contributed by atoms with Gasteiger partial charge in [-0.25, -0.2) is 4.79 Å². The molecule has 0 unspecified atom stereocenters. The normalized spacial score (nSPS) is 12.0. The molecular formula is C28H28O3. The van der Waals surface area contributed by atoms with Gasteiger partial charge >= 0.3 is 5.97 Å². The number of fused-ring (bicyclic) bond motifs is 2. The lowest BCUT2D eigenvalue weighted by Gasteiger charge is -2.22. The summed E-state index contributed by atoms with van der Waals surface area (Å²) in [5.74, 6) is 1.26. The first-order valence-electron chi connectivity index (χ1n) is 11.0. The van der Waals surface area contributed by atoms with Gasteiger partial charge in [0, 0.05) is 16.4 Å². The van der Waals surface area contributed by atoms with E-state index in [0.717, 1.165) is 69.9 Å². The number of hydrogen-bond acceptors (Lipinski definition) is 3. The SMILES string of the molecule is C=c1ccc2c(c1)Oc1cc(C)ccc1C=2c1ccccc1C(=O)OCCCCCC. The number of carbonyl (C=O) groups excluding carboxylic acids is 1. The van der Waals surface area contributed by atoms with Gasteiger partial charge in [-0.3, -0.25) is 0 Å². The second-order valence-electron chi connectivity index (χ2n) is 8.05. The van der Waals surface area contributed by atoms with Crippen molar-refractivity contribution >= 4 is 18.1 Å². The maximum atomic E-state index is 13.0. The van der Waals surface area contributed by atoms with Gasteiger partial charge in [0.1, 0.15) is 11.5 Å². The Morgan fingerprint density at radius 1 is 0.935 bits per heavy atom. The number of unbranched alkanes of at least 4 members (excludes halogenated alkanes) is 3. The summed E-state index contributed by atoms with van der Waals surface area (Å²) in [4.78, 5) is 13.0. The maximum Gasteiger partial charge on any atom is 0.338 e. The molecule has 0 aromatic heterocycles. The predicted molar refractivity (Wildman–Crippen MR) is 125 cm³/mol. The fourth-order valence-corrected chi connectivity index (χ4v) is 3.98. The van der Waals surface area contributed by atoms with Crippen molar-refractivity contribution in [2.75, 3.05) is 6.61 Å². The van der Waals surface area contributed by atoms with Gasteiger partial charge in [-0.2, -0.15) is 0 Å². The van der Waals surface area contributed by atoms with Crippen molar-refractivity contribution in [1.82, 2.24) is 0 Å². The lowest BCUT2D eigenvalue weighted by Crippen LogP contribution is -2.21. The van der Waals surface area contributed by atoms with E-state index in [9.17, 15) is 4.79 Å². The van der Waals surface area contributed by atoms with Gasteiger partial charge in [-0.1, -0.05) is 75.2 Å². The number of ether oxygens (including phenoxy) is 2. The zero-order valence-corrected chi connectivity index (χ0v) is 18.2. The van der Waals surface area contributed by atoms with Crippen molar-refractivity contribution in [3.63, 3.8) is 0 Å². The molecule has 3 heteroatoms. The molecule has 0 fully saturated rings. The van der Waals surface area contributed by atoms with E-state index in [0.29, 0.717) is 12.2 Å². The summed E-state index contributed by atoms with van der Waals surface area (Å²) in [5, 5.41) is 1.83. The molecule has 0 spiro atoms. The van der Waals surface area contributed by atoms with Crippen LogP contribution in [0.2, 0.25) is 0 Å². The Morgan fingerprint density at radius 3 is 2.61 bits per heavy atom. The summed E-state index contributed by atoms with van der Waals surface area (Å²) in [6, 6.07) is 19.8. The Bertz CT molecular complexity index is 1220. The van der Waals surface area contributed by atoms with Gasteiger partial charge in [-0.15, -0.1) is 0 Å². The highest BCUT2D eigenvalue weighted by Crippen LogP contribution is 2.37. The average molecular weight is 413 g/mol. The minimum Gasteiger partial charge on any atom is -0.462 e. The standard InChI is InChI=1S/C28H28O3/c1-4-5-6-9-16-30-28(29)22-11-8-7-10-21(22)27-23-14-12-19(2)17-25(23)31-26-18-20(3)13-15-24(26)27/h7-8,10-15,17-18H,2,4-6,9,16H2,1,3H3. The second-order valence-corrected chi connectivity index (χ2v) is 8.05. The monoisotopic (exact) mass is 412 g/mol. The molecule has 1 aliphatic rings. The summed E-state index contributed by atoms with van der Waals surface area (Å²) >= 11 is 0. The van der Waals surface area contributed by atoms with Crippen LogP contribution in [0.1, 0.15) is 59.7 Å². The van der Waals surface area contributed by atoms with Crippen molar-refractivity contribution in [1.29, 1.82) is 0 Å². The molecule has 3 aromatic carbocycles. The highest BCUT2D eigenvalue weighted by molar-refractivity contribution is 5.99.